The van der Waals surface area contributed by atoms with Crippen LogP contribution >= 0.6 is 0 Å². The summed E-state index contributed by atoms with van der Waals surface area (Å²) in [6.07, 6.45) is 3.49. The molecule has 1 unspecified atom stereocenters. The molecule has 0 bridgehead atoms. The van der Waals surface area contributed by atoms with Gasteiger partial charge in [-0.25, -0.2) is 0 Å². The summed E-state index contributed by atoms with van der Waals surface area (Å²) in [7, 11) is 0. The van der Waals surface area contributed by atoms with Gasteiger partial charge in [-0.05, 0) is 0 Å². The van der Waals surface area contributed by atoms with Gasteiger partial charge in [-0.3, -0.25) is 0 Å². The standard InChI is InChI=1S/C18H17.2ClH.Zr/c1-13-7-14(2)9-15(8-13)10-16-11-17-5-3-4-6-18(17)12-16;;;/h3-9,11-12H,10H2,1-2H3;2*1H;/q;;;+2/p-2. The Hall–Kier alpha value is -0.357. The average Bonchev–Trinajstić information content (AvgIpc) is 2.66. The molecule has 107 valence electrons. The molecule has 1 aliphatic carbocycles. The zero-order chi connectivity index (χ0) is 13.4. The van der Waals surface area contributed by atoms with E-state index in [1.54, 1.807) is 30.3 Å². The Labute approximate surface area is 154 Å². The van der Waals surface area contributed by atoms with Crippen LogP contribution in [-0.4, -0.2) is 0 Å². The van der Waals surface area contributed by atoms with Gasteiger partial charge in [0, 0.05) is 0 Å². The van der Waals surface area contributed by atoms with Crippen molar-refractivity contribution in [3.63, 3.8) is 0 Å². The van der Waals surface area contributed by atoms with Gasteiger partial charge in [-0.15, -0.1) is 0 Å². The van der Waals surface area contributed by atoms with Gasteiger partial charge in [0.05, 0.1) is 0 Å². The van der Waals surface area contributed by atoms with Gasteiger partial charge in [0.2, 0.25) is 0 Å². The zero-order valence-electron chi connectivity index (χ0n) is 12.2. The van der Waals surface area contributed by atoms with Crippen molar-refractivity contribution in [2.24, 2.45) is 0 Å². The van der Waals surface area contributed by atoms with Crippen molar-refractivity contribution in [3.05, 3.63) is 75.9 Å². The summed E-state index contributed by atoms with van der Waals surface area (Å²) < 4.78 is 0.643. The second kappa shape index (κ2) is 7.77. The SMILES string of the molecule is Cc1cc(C)cc(CC2=Cc3ccccc3[CH]2[Zr+2])c1.[Cl-].[Cl-]. The van der Waals surface area contributed by atoms with Gasteiger partial charge in [-0.1, -0.05) is 0 Å². The first kappa shape index (κ1) is 18.7. The molecule has 0 radical (unpaired) electrons. The molecule has 0 amide bonds. The number of fused-ring (bicyclic) bond motifs is 1. The molecule has 3 heteroatoms. The van der Waals surface area contributed by atoms with Crippen LogP contribution in [0.1, 0.15) is 31.4 Å². The maximum atomic E-state index is 2.40. The van der Waals surface area contributed by atoms with Crippen molar-refractivity contribution in [2.45, 2.75) is 23.9 Å². The summed E-state index contributed by atoms with van der Waals surface area (Å²) in [4.78, 5) is 0. The Bertz CT molecular complexity index is 642. The second-order valence-corrected chi connectivity index (χ2v) is 6.87. The largest absolute Gasteiger partial charge is 1.00 e. The number of halogens is 2. The molecule has 21 heavy (non-hydrogen) atoms. The van der Waals surface area contributed by atoms with Crippen molar-refractivity contribution < 1.29 is 49.5 Å². The monoisotopic (exact) mass is 393 g/mol. The van der Waals surface area contributed by atoms with Gasteiger partial charge in [0.15, 0.2) is 0 Å². The van der Waals surface area contributed by atoms with Gasteiger partial charge in [-0.2, -0.15) is 0 Å². The quantitative estimate of drug-likeness (QED) is 0.583. The topological polar surface area (TPSA) is 0 Å². The molecular weight excluding hydrogens is 378 g/mol. The van der Waals surface area contributed by atoms with Gasteiger partial charge >= 0.3 is 131 Å². The van der Waals surface area contributed by atoms with E-state index in [4.69, 9.17) is 0 Å². The summed E-state index contributed by atoms with van der Waals surface area (Å²) in [6.45, 7) is 4.37. The Morgan fingerprint density at radius 2 is 1.57 bits per heavy atom. The minimum atomic E-state index is 0. The molecule has 2 aromatic carbocycles. The van der Waals surface area contributed by atoms with E-state index in [-0.39, 0.29) is 24.8 Å². The molecule has 0 saturated carbocycles. The van der Waals surface area contributed by atoms with E-state index in [0.29, 0.717) is 3.63 Å². The Morgan fingerprint density at radius 1 is 0.952 bits per heavy atom. The maximum Gasteiger partial charge on any atom is -1.00 e. The minimum absolute atomic E-state index is 0. The third kappa shape index (κ3) is 4.09. The molecule has 2 aromatic rings. The normalized spacial score (nSPS) is 15.6. The first-order chi connectivity index (χ1) is 9.13. The number of rotatable bonds is 2. The van der Waals surface area contributed by atoms with Crippen LogP contribution in [0.4, 0.5) is 0 Å². The molecule has 0 N–H and O–H groups in total. The summed E-state index contributed by atoms with van der Waals surface area (Å²) in [5.41, 5.74) is 8.69. The minimum Gasteiger partial charge on any atom is -1.00 e. The summed E-state index contributed by atoms with van der Waals surface area (Å²) >= 11 is 1.59. The molecule has 0 fully saturated rings. The fraction of sp³-hybridized carbons (Fsp3) is 0.222. The van der Waals surface area contributed by atoms with Crippen molar-refractivity contribution >= 4 is 6.08 Å². The molecule has 1 aliphatic rings. The molecular formula is C18H17Cl2Zr. The van der Waals surface area contributed by atoms with Crippen LogP contribution in [0.3, 0.4) is 0 Å². The summed E-state index contributed by atoms with van der Waals surface area (Å²) in [5, 5.41) is 0. The molecule has 0 saturated heterocycles. The van der Waals surface area contributed by atoms with Crippen molar-refractivity contribution in [1.82, 2.24) is 0 Å². The smallest absolute Gasteiger partial charge is 1.00 e. The number of hydrogen-bond acceptors (Lipinski definition) is 0. The third-order valence-electron chi connectivity index (χ3n) is 3.71. The first-order valence-corrected chi connectivity index (χ1v) is 8.13. The van der Waals surface area contributed by atoms with Crippen LogP contribution in [0.2, 0.25) is 0 Å². The van der Waals surface area contributed by atoms with Gasteiger partial charge < -0.3 is 24.8 Å². The zero-order valence-corrected chi connectivity index (χ0v) is 16.1. The predicted molar refractivity (Wildman–Crippen MR) is 76.8 cm³/mol. The first-order valence-electron chi connectivity index (χ1n) is 6.71. The average molecular weight is 395 g/mol. The van der Waals surface area contributed by atoms with Gasteiger partial charge in [0.1, 0.15) is 0 Å². The molecule has 0 heterocycles. The Kier molecular flexibility index (Phi) is 6.92. The molecule has 0 aliphatic heterocycles. The van der Waals surface area contributed by atoms with Crippen molar-refractivity contribution in [1.29, 1.82) is 0 Å². The van der Waals surface area contributed by atoms with E-state index in [1.807, 2.05) is 0 Å². The van der Waals surface area contributed by atoms with E-state index in [0.717, 1.165) is 6.42 Å². The van der Waals surface area contributed by atoms with E-state index in [9.17, 15) is 0 Å². The molecule has 0 aromatic heterocycles. The summed E-state index contributed by atoms with van der Waals surface area (Å²) in [6, 6.07) is 15.7. The Morgan fingerprint density at radius 3 is 2.19 bits per heavy atom. The molecule has 0 nitrogen and oxygen atoms in total. The third-order valence-corrected chi connectivity index (χ3v) is 5.38. The fourth-order valence-corrected chi connectivity index (χ4v) is 4.05. The van der Waals surface area contributed by atoms with E-state index >= 15 is 0 Å². The number of benzene rings is 2. The maximum absolute atomic E-state index is 2.40. The van der Waals surface area contributed by atoms with Crippen LogP contribution in [0, 0.1) is 13.8 Å². The predicted octanol–water partition coefficient (Wildman–Crippen LogP) is -1.46. The molecule has 1 atom stereocenters. The number of allylic oxidation sites excluding steroid dienone is 1. The van der Waals surface area contributed by atoms with Crippen LogP contribution in [0.25, 0.3) is 6.08 Å². The van der Waals surface area contributed by atoms with Crippen molar-refractivity contribution in [2.75, 3.05) is 0 Å². The number of hydrogen-bond donors (Lipinski definition) is 0. The molecule has 3 rings (SSSR count). The van der Waals surface area contributed by atoms with Crippen LogP contribution in [0.15, 0.2) is 48.0 Å². The van der Waals surface area contributed by atoms with Crippen LogP contribution in [-0.2, 0) is 31.1 Å². The number of aryl methyl sites for hydroxylation is 2. The molecule has 0 spiro atoms. The van der Waals surface area contributed by atoms with E-state index in [1.165, 1.54) is 27.8 Å². The van der Waals surface area contributed by atoms with Crippen LogP contribution < -0.4 is 24.8 Å². The Balaban J connectivity index is 0.00000110. The summed E-state index contributed by atoms with van der Waals surface area (Å²) in [5.74, 6) is 0. The van der Waals surface area contributed by atoms with Crippen LogP contribution in [0.5, 0.6) is 0 Å². The van der Waals surface area contributed by atoms with Gasteiger partial charge in [0.25, 0.3) is 0 Å². The van der Waals surface area contributed by atoms with E-state index < -0.39 is 0 Å². The fourth-order valence-electron chi connectivity index (χ4n) is 2.95. The second-order valence-electron chi connectivity index (χ2n) is 5.45. The van der Waals surface area contributed by atoms with E-state index in [2.05, 4.69) is 62.4 Å². The van der Waals surface area contributed by atoms with Crippen molar-refractivity contribution in [3.8, 4) is 0 Å².